The van der Waals surface area contributed by atoms with E-state index in [1.165, 1.54) is 37.7 Å². The van der Waals surface area contributed by atoms with Crippen LogP contribution >= 0.6 is 0 Å². The molecule has 0 saturated heterocycles. The number of benzene rings is 1. The molecule has 118 valence electrons. The van der Waals surface area contributed by atoms with Gasteiger partial charge in [-0.25, -0.2) is 0 Å². The second-order valence-corrected chi connectivity index (χ2v) is 6.89. The quantitative estimate of drug-likeness (QED) is 0.754. The van der Waals surface area contributed by atoms with Crippen LogP contribution in [-0.4, -0.2) is 13.2 Å². The average Bonchev–Trinajstić information content (AvgIpc) is 2.52. The highest BCUT2D eigenvalue weighted by Gasteiger charge is 2.26. The lowest BCUT2D eigenvalue weighted by Gasteiger charge is -2.35. The average molecular weight is 289 g/mol. The van der Waals surface area contributed by atoms with E-state index in [9.17, 15) is 0 Å². The Morgan fingerprint density at radius 1 is 1.14 bits per heavy atom. The maximum absolute atomic E-state index is 5.64. The molecule has 2 heteroatoms. The van der Waals surface area contributed by atoms with Crippen LogP contribution in [0.5, 0.6) is 5.75 Å². The second kappa shape index (κ2) is 7.84. The van der Waals surface area contributed by atoms with Crippen molar-refractivity contribution in [1.29, 1.82) is 0 Å². The molecule has 1 aliphatic rings. The molecule has 1 aliphatic carbocycles. The van der Waals surface area contributed by atoms with Crippen LogP contribution in [0.3, 0.4) is 0 Å². The highest BCUT2D eigenvalue weighted by molar-refractivity contribution is 5.28. The highest BCUT2D eigenvalue weighted by atomic mass is 16.5. The molecule has 1 N–H and O–H groups in total. The smallest absolute Gasteiger partial charge is 0.119 e. The third kappa shape index (κ3) is 5.03. The molecule has 1 aromatic rings. The number of rotatable bonds is 7. The molecule has 0 heterocycles. The van der Waals surface area contributed by atoms with E-state index in [4.69, 9.17) is 4.74 Å². The van der Waals surface area contributed by atoms with Gasteiger partial charge in [-0.15, -0.1) is 0 Å². The molecule has 1 fully saturated rings. The standard InChI is InChI=1S/C19H31NO/c1-4-14-21-18-10-8-17(9-11-18)16(2)20-15-19(3)12-6-5-7-13-19/h8-11,16,20H,4-7,12-15H2,1-3H3. The SMILES string of the molecule is CCCOc1ccc(C(C)NCC2(C)CCCCC2)cc1. The number of hydrogen-bond donors (Lipinski definition) is 1. The van der Waals surface area contributed by atoms with Gasteiger partial charge in [0.05, 0.1) is 6.61 Å². The lowest BCUT2D eigenvalue weighted by atomic mass is 9.75. The Kier molecular flexibility index (Phi) is 6.10. The molecule has 0 bridgehead atoms. The molecular formula is C19H31NO. The summed E-state index contributed by atoms with van der Waals surface area (Å²) in [5.74, 6) is 0.979. The second-order valence-electron chi connectivity index (χ2n) is 6.89. The van der Waals surface area contributed by atoms with Crippen LogP contribution in [-0.2, 0) is 0 Å². The van der Waals surface area contributed by atoms with Crippen molar-refractivity contribution in [3.05, 3.63) is 29.8 Å². The lowest BCUT2D eigenvalue weighted by molar-refractivity contribution is 0.202. The minimum Gasteiger partial charge on any atom is -0.494 e. The van der Waals surface area contributed by atoms with Gasteiger partial charge < -0.3 is 10.1 Å². The molecular weight excluding hydrogens is 258 g/mol. The predicted octanol–water partition coefficient (Wildman–Crippen LogP) is 5.10. The van der Waals surface area contributed by atoms with Crippen molar-refractivity contribution in [3.63, 3.8) is 0 Å². The first kappa shape index (κ1) is 16.4. The molecule has 0 amide bonds. The van der Waals surface area contributed by atoms with E-state index in [1.54, 1.807) is 0 Å². The molecule has 1 saturated carbocycles. The summed E-state index contributed by atoms with van der Waals surface area (Å²) in [5, 5.41) is 3.73. The van der Waals surface area contributed by atoms with E-state index in [1.807, 2.05) is 0 Å². The van der Waals surface area contributed by atoms with Crippen LogP contribution < -0.4 is 10.1 Å². The van der Waals surface area contributed by atoms with Gasteiger partial charge in [0.2, 0.25) is 0 Å². The Balaban J connectivity index is 1.83. The van der Waals surface area contributed by atoms with Crippen LogP contribution in [0.4, 0.5) is 0 Å². The third-order valence-electron chi connectivity index (χ3n) is 4.75. The van der Waals surface area contributed by atoms with E-state index in [0.29, 0.717) is 11.5 Å². The summed E-state index contributed by atoms with van der Waals surface area (Å²) < 4.78 is 5.64. The molecule has 0 radical (unpaired) electrons. The zero-order chi connectivity index (χ0) is 15.1. The zero-order valence-electron chi connectivity index (χ0n) is 14.0. The van der Waals surface area contributed by atoms with Crippen LogP contribution in [0.2, 0.25) is 0 Å². The lowest BCUT2D eigenvalue weighted by Crippen LogP contribution is -2.34. The number of nitrogens with one attached hydrogen (secondary N) is 1. The van der Waals surface area contributed by atoms with Gasteiger partial charge in [-0.05, 0) is 49.3 Å². The predicted molar refractivity (Wildman–Crippen MR) is 89.8 cm³/mol. The normalized spacial score (nSPS) is 19.2. The van der Waals surface area contributed by atoms with Gasteiger partial charge in [-0.2, -0.15) is 0 Å². The fourth-order valence-corrected chi connectivity index (χ4v) is 3.17. The van der Waals surface area contributed by atoms with E-state index < -0.39 is 0 Å². The Morgan fingerprint density at radius 3 is 2.43 bits per heavy atom. The minimum absolute atomic E-state index is 0.406. The Hall–Kier alpha value is -1.02. The van der Waals surface area contributed by atoms with Crippen LogP contribution in [0.1, 0.15) is 70.9 Å². The third-order valence-corrected chi connectivity index (χ3v) is 4.75. The van der Waals surface area contributed by atoms with Crippen LogP contribution in [0.15, 0.2) is 24.3 Å². The van der Waals surface area contributed by atoms with Gasteiger partial charge in [0.15, 0.2) is 0 Å². The van der Waals surface area contributed by atoms with E-state index in [0.717, 1.165) is 25.3 Å². The largest absolute Gasteiger partial charge is 0.494 e. The Bertz CT molecular complexity index is 406. The maximum atomic E-state index is 5.64. The van der Waals surface area contributed by atoms with E-state index in [-0.39, 0.29) is 0 Å². The molecule has 0 spiro atoms. The minimum atomic E-state index is 0.406. The molecule has 0 aliphatic heterocycles. The molecule has 0 aromatic heterocycles. The van der Waals surface area contributed by atoms with Crippen LogP contribution in [0, 0.1) is 5.41 Å². The van der Waals surface area contributed by atoms with Crippen LogP contribution in [0.25, 0.3) is 0 Å². The topological polar surface area (TPSA) is 21.3 Å². The van der Waals surface area contributed by atoms with Gasteiger partial charge in [-0.3, -0.25) is 0 Å². The summed E-state index contributed by atoms with van der Waals surface area (Å²) in [7, 11) is 0. The number of ether oxygens (including phenoxy) is 1. The van der Waals surface area contributed by atoms with Crippen molar-refractivity contribution < 1.29 is 4.74 Å². The highest BCUT2D eigenvalue weighted by Crippen LogP contribution is 2.35. The van der Waals surface area contributed by atoms with E-state index >= 15 is 0 Å². The first-order chi connectivity index (χ1) is 10.1. The van der Waals surface area contributed by atoms with Crippen molar-refractivity contribution >= 4 is 0 Å². The summed E-state index contributed by atoms with van der Waals surface area (Å²) in [5.41, 5.74) is 1.84. The first-order valence-electron chi connectivity index (χ1n) is 8.59. The van der Waals surface area contributed by atoms with Crippen molar-refractivity contribution in [2.24, 2.45) is 5.41 Å². The zero-order valence-corrected chi connectivity index (χ0v) is 14.0. The molecule has 2 rings (SSSR count). The van der Waals surface area contributed by atoms with Crippen molar-refractivity contribution in [3.8, 4) is 5.75 Å². The summed E-state index contributed by atoms with van der Waals surface area (Å²) in [6.45, 7) is 8.75. The summed E-state index contributed by atoms with van der Waals surface area (Å²) in [6, 6.07) is 8.96. The summed E-state index contributed by atoms with van der Waals surface area (Å²) in [6.07, 6.45) is 8.02. The molecule has 1 aromatic carbocycles. The molecule has 1 atom stereocenters. The van der Waals surface area contributed by atoms with E-state index in [2.05, 4.69) is 50.4 Å². The first-order valence-corrected chi connectivity index (χ1v) is 8.59. The van der Waals surface area contributed by atoms with Gasteiger partial charge in [0.1, 0.15) is 5.75 Å². The molecule has 2 nitrogen and oxygen atoms in total. The summed E-state index contributed by atoms with van der Waals surface area (Å²) >= 11 is 0. The Labute approximate surface area is 130 Å². The fraction of sp³-hybridized carbons (Fsp3) is 0.684. The van der Waals surface area contributed by atoms with Gasteiger partial charge in [0.25, 0.3) is 0 Å². The fourth-order valence-electron chi connectivity index (χ4n) is 3.17. The maximum Gasteiger partial charge on any atom is 0.119 e. The monoisotopic (exact) mass is 289 g/mol. The van der Waals surface area contributed by atoms with Crippen molar-refractivity contribution in [1.82, 2.24) is 5.32 Å². The van der Waals surface area contributed by atoms with Gasteiger partial charge >= 0.3 is 0 Å². The van der Waals surface area contributed by atoms with Gasteiger partial charge in [-0.1, -0.05) is 45.2 Å². The molecule has 21 heavy (non-hydrogen) atoms. The molecule has 1 unspecified atom stereocenters. The van der Waals surface area contributed by atoms with Crippen molar-refractivity contribution in [2.45, 2.75) is 65.3 Å². The van der Waals surface area contributed by atoms with Gasteiger partial charge in [0, 0.05) is 12.6 Å². The summed E-state index contributed by atoms with van der Waals surface area (Å²) in [4.78, 5) is 0. The van der Waals surface area contributed by atoms with Crippen molar-refractivity contribution in [2.75, 3.05) is 13.2 Å². The number of hydrogen-bond acceptors (Lipinski definition) is 2. The Morgan fingerprint density at radius 2 is 1.81 bits per heavy atom.